The standard InChI is InChI=1S/C19H23NO3S/c1-15-4-6-17(7-5-15)14-24(21,22)20-11-10-16-8-9-19-18(13-16)3-2-12-23-19/h4-9,13,20H,2-3,10-12,14H2,1H3. The van der Waals surface area contributed by atoms with Gasteiger partial charge in [0.25, 0.3) is 0 Å². The summed E-state index contributed by atoms with van der Waals surface area (Å²) in [7, 11) is -3.31. The fourth-order valence-electron chi connectivity index (χ4n) is 2.87. The SMILES string of the molecule is Cc1ccc(CS(=O)(=O)NCCc2ccc3c(c2)CCCO3)cc1. The van der Waals surface area contributed by atoms with E-state index in [1.54, 1.807) is 0 Å². The molecule has 4 nitrogen and oxygen atoms in total. The van der Waals surface area contributed by atoms with Gasteiger partial charge in [-0.15, -0.1) is 0 Å². The minimum absolute atomic E-state index is 0.0192. The molecule has 0 fully saturated rings. The molecule has 2 aromatic carbocycles. The van der Waals surface area contributed by atoms with Crippen LogP contribution in [-0.2, 0) is 28.6 Å². The molecule has 5 heteroatoms. The second-order valence-corrected chi connectivity index (χ2v) is 8.09. The van der Waals surface area contributed by atoms with Gasteiger partial charge in [0.2, 0.25) is 10.0 Å². The molecule has 3 rings (SSSR count). The highest BCUT2D eigenvalue weighted by atomic mass is 32.2. The van der Waals surface area contributed by atoms with E-state index in [2.05, 4.69) is 10.8 Å². The summed E-state index contributed by atoms with van der Waals surface area (Å²) in [6, 6.07) is 13.7. The minimum atomic E-state index is -3.31. The van der Waals surface area contributed by atoms with Crippen molar-refractivity contribution in [3.63, 3.8) is 0 Å². The molecule has 0 atom stereocenters. The number of fused-ring (bicyclic) bond motifs is 1. The van der Waals surface area contributed by atoms with E-state index in [4.69, 9.17) is 4.74 Å². The lowest BCUT2D eigenvalue weighted by atomic mass is 10.0. The molecule has 2 aromatic rings. The van der Waals surface area contributed by atoms with Gasteiger partial charge >= 0.3 is 0 Å². The minimum Gasteiger partial charge on any atom is -0.493 e. The number of aryl methyl sites for hydroxylation is 2. The van der Waals surface area contributed by atoms with E-state index >= 15 is 0 Å². The topological polar surface area (TPSA) is 55.4 Å². The predicted octanol–water partition coefficient (Wildman–Crippen LogP) is 2.98. The Labute approximate surface area is 143 Å². The molecule has 24 heavy (non-hydrogen) atoms. The highest BCUT2D eigenvalue weighted by Gasteiger charge is 2.13. The van der Waals surface area contributed by atoms with Crippen molar-refractivity contribution in [2.45, 2.75) is 31.9 Å². The first-order valence-corrected chi connectivity index (χ1v) is 9.94. The van der Waals surface area contributed by atoms with Crippen LogP contribution in [0.5, 0.6) is 5.75 Å². The van der Waals surface area contributed by atoms with Gasteiger partial charge in [0, 0.05) is 6.54 Å². The molecule has 0 saturated heterocycles. The lowest BCUT2D eigenvalue weighted by Gasteiger charge is -2.18. The van der Waals surface area contributed by atoms with E-state index in [1.165, 1.54) is 5.56 Å². The summed E-state index contributed by atoms with van der Waals surface area (Å²) in [5.41, 5.74) is 4.29. The van der Waals surface area contributed by atoms with Crippen molar-refractivity contribution in [1.29, 1.82) is 0 Å². The molecule has 0 unspecified atom stereocenters. The molecule has 0 bridgehead atoms. The van der Waals surface area contributed by atoms with Crippen molar-refractivity contribution in [3.8, 4) is 5.75 Å². The maximum absolute atomic E-state index is 12.2. The first kappa shape index (κ1) is 17.0. The summed E-state index contributed by atoms with van der Waals surface area (Å²) < 4.78 is 32.6. The Morgan fingerprint density at radius 2 is 1.83 bits per heavy atom. The molecule has 0 saturated carbocycles. The number of rotatable bonds is 6. The summed E-state index contributed by atoms with van der Waals surface area (Å²) in [5, 5.41) is 0. The highest BCUT2D eigenvalue weighted by molar-refractivity contribution is 7.88. The van der Waals surface area contributed by atoms with E-state index < -0.39 is 10.0 Å². The van der Waals surface area contributed by atoms with Crippen LogP contribution in [0.15, 0.2) is 42.5 Å². The lowest BCUT2D eigenvalue weighted by Crippen LogP contribution is -2.27. The zero-order chi connectivity index (χ0) is 17.0. The smallest absolute Gasteiger partial charge is 0.215 e. The Morgan fingerprint density at radius 3 is 2.62 bits per heavy atom. The number of benzene rings is 2. The third-order valence-corrected chi connectivity index (χ3v) is 5.54. The van der Waals surface area contributed by atoms with E-state index in [9.17, 15) is 8.42 Å². The van der Waals surface area contributed by atoms with Crippen LogP contribution in [0.25, 0.3) is 0 Å². The van der Waals surface area contributed by atoms with Gasteiger partial charge in [-0.25, -0.2) is 13.1 Å². The van der Waals surface area contributed by atoms with Crippen molar-refractivity contribution in [1.82, 2.24) is 4.72 Å². The normalized spacial score (nSPS) is 14.0. The van der Waals surface area contributed by atoms with Crippen LogP contribution in [0.3, 0.4) is 0 Å². The third kappa shape index (κ3) is 4.58. The molecule has 1 aliphatic heterocycles. The first-order valence-electron chi connectivity index (χ1n) is 8.29. The molecular formula is C19H23NO3S. The summed E-state index contributed by atoms with van der Waals surface area (Å²) in [5.74, 6) is 0.982. The van der Waals surface area contributed by atoms with Crippen LogP contribution >= 0.6 is 0 Å². The molecular weight excluding hydrogens is 322 g/mol. The summed E-state index contributed by atoms with van der Waals surface area (Å²) in [6.45, 7) is 3.18. The Kier molecular flexibility index (Phi) is 5.21. The lowest BCUT2D eigenvalue weighted by molar-refractivity contribution is 0.288. The maximum atomic E-state index is 12.2. The van der Waals surface area contributed by atoms with Crippen molar-refractivity contribution >= 4 is 10.0 Å². The van der Waals surface area contributed by atoms with Crippen LogP contribution < -0.4 is 9.46 Å². The maximum Gasteiger partial charge on any atom is 0.215 e. The van der Waals surface area contributed by atoms with Gasteiger partial charge in [-0.2, -0.15) is 0 Å². The first-order chi connectivity index (χ1) is 11.5. The van der Waals surface area contributed by atoms with Crippen LogP contribution in [-0.4, -0.2) is 21.6 Å². The Hall–Kier alpha value is -1.85. The van der Waals surface area contributed by atoms with Gasteiger partial charge in [0.05, 0.1) is 12.4 Å². The number of nitrogens with one attached hydrogen (secondary N) is 1. The highest BCUT2D eigenvalue weighted by Crippen LogP contribution is 2.25. The Bertz CT molecular complexity index is 798. The van der Waals surface area contributed by atoms with Crippen molar-refractivity contribution in [3.05, 3.63) is 64.7 Å². The number of ether oxygens (including phenoxy) is 1. The van der Waals surface area contributed by atoms with Gasteiger partial charge in [-0.1, -0.05) is 42.0 Å². The van der Waals surface area contributed by atoms with E-state index in [1.807, 2.05) is 43.3 Å². The second kappa shape index (κ2) is 7.36. The molecule has 0 amide bonds. The summed E-state index contributed by atoms with van der Waals surface area (Å²) in [4.78, 5) is 0. The van der Waals surface area contributed by atoms with Crippen molar-refractivity contribution < 1.29 is 13.2 Å². The average Bonchev–Trinajstić information content (AvgIpc) is 2.56. The fourth-order valence-corrected chi connectivity index (χ4v) is 4.02. The van der Waals surface area contributed by atoms with Gasteiger partial charge in [-0.3, -0.25) is 0 Å². The Balaban J connectivity index is 1.54. The largest absolute Gasteiger partial charge is 0.493 e. The Morgan fingerprint density at radius 1 is 1.08 bits per heavy atom. The number of hydrogen-bond donors (Lipinski definition) is 1. The number of sulfonamides is 1. The molecule has 0 spiro atoms. The van der Waals surface area contributed by atoms with E-state index in [0.717, 1.165) is 41.9 Å². The third-order valence-electron chi connectivity index (χ3n) is 4.19. The average molecular weight is 345 g/mol. The van der Waals surface area contributed by atoms with Gasteiger partial charge < -0.3 is 4.74 Å². The molecule has 0 aromatic heterocycles. The molecule has 128 valence electrons. The van der Waals surface area contributed by atoms with Crippen LogP contribution in [0.1, 0.15) is 28.7 Å². The van der Waals surface area contributed by atoms with Crippen molar-refractivity contribution in [2.75, 3.05) is 13.2 Å². The van der Waals surface area contributed by atoms with Crippen LogP contribution in [0, 0.1) is 6.92 Å². The van der Waals surface area contributed by atoms with E-state index in [-0.39, 0.29) is 5.75 Å². The second-order valence-electron chi connectivity index (χ2n) is 6.28. The predicted molar refractivity (Wildman–Crippen MR) is 95.8 cm³/mol. The molecule has 0 aliphatic carbocycles. The monoisotopic (exact) mass is 345 g/mol. The summed E-state index contributed by atoms with van der Waals surface area (Å²) >= 11 is 0. The molecule has 1 heterocycles. The summed E-state index contributed by atoms with van der Waals surface area (Å²) in [6.07, 6.45) is 2.75. The molecule has 0 radical (unpaired) electrons. The quantitative estimate of drug-likeness (QED) is 0.876. The van der Waals surface area contributed by atoms with Crippen LogP contribution in [0.4, 0.5) is 0 Å². The zero-order valence-electron chi connectivity index (χ0n) is 13.9. The van der Waals surface area contributed by atoms with Gasteiger partial charge in [-0.05, 0) is 48.9 Å². The molecule has 1 aliphatic rings. The van der Waals surface area contributed by atoms with Gasteiger partial charge in [0.15, 0.2) is 0 Å². The zero-order valence-corrected chi connectivity index (χ0v) is 14.7. The fraction of sp³-hybridized carbons (Fsp3) is 0.368. The van der Waals surface area contributed by atoms with Crippen molar-refractivity contribution in [2.24, 2.45) is 0 Å². The van der Waals surface area contributed by atoms with Crippen LogP contribution in [0.2, 0.25) is 0 Å². The van der Waals surface area contributed by atoms with Gasteiger partial charge in [0.1, 0.15) is 5.75 Å². The van der Waals surface area contributed by atoms with E-state index in [0.29, 0.717) is 13.0 Å². The number of hydrogen-bond acceptors (Lipinski definition) is 3. The molecule has 1 N–H and O–H groups in total.